The minimum absolute atomic E-state index is 0.185. The van der Waals surface area contributed by atoms with E-state index in [0.29, 0.717) is 5.56 Å². The number of nitrogens with zero attached hydrogens (tertiary/aromatic N) is 2. The zero-order chi connectivity index (χ0) is 13.1. The molecule has 2 rings (SSSR count). The molecular weight excluding hydrogens is 271 g/mol. The molecule has 5 heteroatoms. The van der Waals surface area contributed by atoms with Crippen LogP contribution in [0.15, 0.2) is 29.8 Å². The summed E-state index contributed by atoms with van der Waals surface area (Å²) in [6.07, 6.45) is 1.23. The number of aromatic nitrogens is 1. The maximum Gasteiger partial charge on any atom is 0.141 e. The van der Waals surface area contributed by atoms with Crippen LogP contribution in [-0.4, -0.2) is 12.0 Å². The van der Waals surface area contributed by atoms with Gasteiger partial charge in [-0.1, -0.05) is 6.07 Å². The van der Waals surface area contributed by atoms with Gasteiger partial charge in [-0.3, -0.25) is 0 Å². The highest BCUT2D eigenvalue weighted by molar-refractivity contribution is 7.10. The minimum atomic E-state index is -0.355. The van der Waals surface area contributed by atoms with Gasteiger partial charge in [0.1, 0.15) is 11.6 Å². The van der Waals surface area contributed by atoms with E-state index in [1.165, 1.54) is 17.1 Å². The minimum Gasteiger partial charge on any atom is -0.352 e. The van der Waals surface area contributed by atoms with E-state index in [2.05, 4.69) is 18.0 Å². The Hall–Kier alpha value is -1.13. The summed E-state index contributed by atoms with van der Waals surface area (Å²) < 4.78 is 13.1. The predicted molar refractivity (Wildman–Crippen MR) is 74.9 cm³/mol. The SMILES string of the molecule is CC(c1cccs1)N(C)c1ncc(F)cc1CCl. The lowest BCUT2D eigenvalue weighted by Gasteiger charge is -2.26. The number of rotatable bonds is 4. The second-order valence-electron chi connectivity index (χ2n) is 4.07. The third kappa shape index (κ3) is 2.65. The van der Waals surface area contributed by atoms with Gasteiger partial charge in [0.25, 0.3) is 0 Å². The summed E-state index contributed by atoms with van der Waals surface area (Å²) in [5.41, 5.74) is 0.711. The Morgan fingerprint density at radius 2 is 2.33 bits per heavy atom. The molecule has 0 saturated carbocycles. The van der Waals surface area contributed by atoms with E-state index < -0.39 is 0 Å². The second-order valence-corrected chi connectivity index (χ2v) is 5.32. The van der Waals surface area contributed by atoms with E-state index in [4.69, 9.17) is 11.6 Å². The number of pyridine rings is 1. The molecule has 2 aromatic rings. The molecule has 0 spiro atoms. The summed E-state index contributed by atoms with van der Waals surface area (Å²) in [6, 6.07) is 5.72. The summed E-state index contributed by atoms with van der Waals surface area (Å²) in [4.78, 5) is 7.41. The van der Waals surface area contributed by atoms with Gasteiger partial charge in [0.15, 0.2) is 0 Å². The largest absolute Gasteiger partial charge is 0.352 e. The zero-order valence-corrected chi connectivity index (χ0v) is 11.8. The summed E-state index contributed by atoms with van der Waals surface area (Å²) >= 11 is 7.54. The van der Waals surface area contributed by atoms with Crippen molar-refractivity contribution in [3.8, 4) is 0 Å². The van der Waals surface area contributed by atoms with Crippen LogP contribution in [0.25, 0.3) is 0 Å². The van der Waals surface area contributed by atoms with Gasteiger partial charge in [-0.25, -0.2) is 9.37 Å². The monoisotopic (exact) mass is 284 g/mol. The van der Waals surface area contributed by atoms with Crippen LogP contribution in [0.3, 0.4) is 0 Å². The van der Waals surface area contributed by atoms with Crippen LogP contribution in [-0.2, 0) is 5.88 Å². The van der Waals surface area contributed by atoms with Gasteiger partial charge in [-0.15, -0.1) is 22.9 Å². The Morgan fingerprint density at radius 3 is 2.94 bits per heavy atom. The average Bonchev–Trinajstić information content (AvgIpc) is 2.90. The lowest BCUT2D eigenvalue weighted by molar-refractivity contribution is 0.617. The average molecular weight is 285 g/mol. The van der Waals surface area contributed by atoms with E-state index in [9.17, 15) is 4.39 Å². The topological polar surface area (TPSA) is 16.1 Å². The fourth-order valence-electron chi connectivity index (χ4n) is 1.79. The van der Waals surface area contributed by atoms with Crippen molar-refractivity contribution in [1.29, 1.82) is 0 Å². The van der Waals surface area contributed by atoms with Crippen molar-refractivity contribution in [3.05, 3.63) is 46.0 Å². The molecule has 96 valence electrons. The maximum atomic E-state index is 13.1. The molecule has 0 aliphatic heterocycles. The highest BCUT2D eigenvalue weighted by Gasteiger charge is 2.17. The first-order chi connectivity index (χ1) is 8.63. The van der Waals surface area contributed by atoms with Crippen LogP contribution in [0.4, 0.5) is 10.2 Å². The number of alkyl halides is 1. The summed E-state index contributed by atoms with van der Waals surface area (Å²) in [7, 11) is 1.95. The zero-order valence-electron chi connectivity index (χ0n) is 10.2. The van der Waals surface area contributed by atoms with E-state index in [-0.39, 0.29) is 17.7 Å². The molecule has 18 heavy (non-hydrogen) atoms. The number of hydrogen-bond donors (Lipinski definition) is 0. The van der Waals surface area contributed by atoms with Crippen molar-refractivity contribution in [2.24, 2.45) is 0 Å². The van der Waals surface area contributed by atoms with Crippen molar-refractivity contribution >= 4 is 28.8 Å². The molecule has 1 atom stereocenters. The van der Waals surface area contributed by atoms with Gasteiger partial charge >= 0.3 is 0 Å². The third-order valence-corrected chi connectivity index (χ3v) is 4.25. The molecular formula is C13H14ClFN2S. The number of hydrogen-bond acceptors (Lipinski definition) is 3. The molecule has 1 unspecified atom stereocenters. The molecule has 0 amide bonds. The number of anilines is 1. The number of thiophene rings is 1. The lowest BCUT2D eigenvalue weighted by Crippen LogP contribution is -2.23. The van der Waals surface area contributed by atoms with Crippen LogP contribution in [0.2, 0.25) is 0 Å². The molecule has 0 aromatic carbocycles. The first-order valence-corrected chi connectivity index (χ1v) is 7.01. The Bertz CT molecular complexity index is 516. The molecule has 0 aliphatic rings. The van der Waals surface area contributed by atoms with Crippen LogP contribution >= 0.6 is 22.9 Å². The molecule has 2 nitrogen and oxygen atoms in total. The van der Waals surface area contributed by atoms with E-state index in [1.807, 2.05) is 23.4 Å². The highest BCUT2D eigenvalue weighted by Crippen LogP contribution is 2.29. The molecule has 2 heterocycles. The van der Waals surface area contributed by atoms with Crippen molar-refractivity contribution in [1.82, 2.24) is 4.98 Å². The molecule has 0 saturated heterocycles. The molecule has 0 N–H and O–H groups in total. The smallest absolute Gasteiger partial charge is 0.141 e. The maximum absolute atomic E-state index is 13.1. The summed E-state index contributed by atoms with van der Waals surface area (Å²) in [5.74, 6) is 0.626. The van der Waals surface area contributed by atoms with E-state index in [1.54, 1.807) is 11.3 Å². The van der Waals surface area contributed by atoms with Crippen molar-refractivity contribution in [3.63, 3.8) is 0 Å². The third-order valence-electron chi connectivity index (χ3n) is 2.92. The van der Waals surface area contributed by atoms with Crippen molar-refractivity contribution < 1.29 is 4.39 Å². The van der Waals surface area contributed by atoms with Gasteiger partial charge < -0.3 is 4.90 Å². The Balaban J connectivity index is 2.31. The van der Waals surface area contributed by atoms with Gasteiger partial charge in [-0.05, 0) is 24.4 Å². The normalized spacial score (nSPS) is 12.4. The standard InChI is InChI=1S/C13H14ClFN2S/c1-9(12-4-3-5-18-12)17(2)13-10(7-14)6-11(15)8-16-13/h3-6,8-9H,7H2,1-2H3. The number of halogens is 2. The van der Waals surface area contributed by atoms with Gasteiger partial charge in [0.05, 0.1) is 18.1 Å². The van der Waals surface area contributed by atoms with Crippen LogP contribution < -0.4 is 4.90 Å². The molecule has 0 aliphatic carbocycles. The van der Waals surface area contributed by atoms with Crippen molar-refractivity contribution in [2.75, 3.05) is 11.9 Å². The molecule has 2 aromatic heterocycles. The first-order valence-electron chi connectivity index (χ1n) is 5.60. The predicted octanol–water partition coefficient (Wildman–Crippen LogP) is 4.22. The Labute approximate surface area is 115 Å². The quantitative estimate of drug-likeness (QED) is 0.782. The first kappa shape index (κ1) is 13.3. The van der Waals surface area contributed by atoms with Gasteiger partial charge in [0, 0.05) is 17.5 Å². The molecule has 0 fully saturated rings. The molecule has 0 bridgehead atoms. The van der Waals surface area contributed by atoms with Crippen LogP contribution in [0.5, 0.6) is 0 Å². The second kappa shape index (κ2) is 5.67. The summed E-state index contributed by atoms with van der Waals surface area (Å²) in [6.45, 7) is 2.09. The van der Waals surface area contributed by atoms with E-state index >= 15 is 0 Å². The fraction of sp³-hybridized carbons (Fsp3) is 0.308. The summed E-state index contributed by atoms with van der Waals surface area (Å²) in [5, 5.41) is 2.04. The fourth-order valence-corrected chi connectivity index (χ4v) is 2.82. The lowest BCUT2D eigenvalue weighted by atomic mass is 10.2. The van der Waals surface area contributed by atoms with Crippen LogP contribution in [0, 0.1) is 5.82 Å². The Kier molecular flexibility index (Phi) is 4.19. The van der Waals surface area contributed by atoms with Gasteiger partial charge in [0.2, 0.25) is 0 Å². The van der Waals surface area contributed by atoms with E-state index in [0.717, 1.165) is 5.82 Å². The highest BCUT2D eigenvalue weighted by atomic mass is 35.5. The van der Waals surface area contributed by atoms with Crippen molar-refractivity contribution in [2.45, 2.75) is 18.8 Å². The van der Waals surface area contributed by atoms with Gasteiger partial charge in [-0.2, -0.15) is 0 Å². The van der Waals surface area contributed by atoms with Crippen LogP contribution in [0.1, 0.15) is 23.4 Å². The Morgan fingerprint density at radius 1 is 1.56 bits per heavy atom. The molecule has 0 radical (unpaired) electrons.